The fourth-order valence-electron chi connectivity index (χ4n) is 1.49. The Bertz CT molecular complexity index is 544. The molecule has 1 aromatic heterocycles. The van der Waals surface area contributed by atoms with E-state index in [4.69, 9.17) is 16.1 Å². The summed E-state index contributed by atoms with van der Waals surface area (Å²) < 4.78 is 6.09. The standard InChI is InChI=1S/C12H13BrClN3O/c1-7(15-2)5-11-16-12(18-17-11)9-4-3-8(14)6-10(9)13/h3-4,6-7,15H,5H2,1-2H3. The fourth-order valence-corrected chi connectivity index (χ4v) is 2.34. The molecule has 1 aromatic carbocycles. The number of nitrogens with zero attached hydrogens (tertiary/aromatic N) is 2. The molecule has 0 aliphatic rings. The number of hydrogen-bond donors (Lipinski definition) is 1. The number of benzene rings is 1. The average Bonchev–Trinajstić information content (AvgIpc) is 2.77. The molecule has 18 heavy (non-hydrogen) atoms. The van der Waals surface area contributed by atoms with Crippen LogP contribution in [-0.4, -0.2) is 23.2 Å². The molecule has 0 bridgehead atoms. The van der Waals surface area contributed by atoms with E-state index in [0.717, 1.165) is 16.5 Å². The van der Waals surface area contributed by atoms with Gasteiger partial charge in [-0.2, -0.15) is 4.98 Å². The third kappa shape index (κ3) is 3.10. The largest absolute Gasteiger partial charge is 0.334 e. The molecule has 6 heteroatoms. The molecule has 2 aromatic rings. The molecular formula is C12H13BrClN3O. The lowest BCUT2D eigenvalue weighted by Gasteiger charge is -2.04. The van der Waals surface area contributed by atoms with Crippen LogP contribution in [0.5, 0.6) is 0 Å². The summed E-state index contributed by atoms with van der Waals surface area (Å²) in [5.41, 5.74) is 0.843. The van der Waals surface area contributed by atoms with Crippen LogP contribution in [0.4, 0.5) is 0 Å². The van der Waals surface area contributed by atoms with Gasteiger partial charge in [0.25, 0.3) is 5.89 Å². The molecule has 4 nitrogen and oxygen atoms in total. The Labute approximate surface area is 119 Å². The van der Waals surface area contributed by atoms with Gasteiger partial charge in [0.05, 0.1) is 5.56 Å². The molecule has 0 aliphatic carbocycles. The third-order valence-corrected chi connectivity index (χ3v) is 3.50. The van der Waals surface area contributed by atoms with Gasteiger partial charge < -0.3 is 9.84 Å². The third-order valence-electron chi connectivity index (χ3n) is 2.61. The van der Waals surface area contributed by atoms with E-state index in [2.05, 4.69) is 38.3 Å². The van der Waals surface area contributed by atoms with Crippen LogP contribution in [0.3, 0.4) is 0 Å². The summed E-state index contributed by atoms with van der Waals surface area (Å²) in [5.74, 6) is 1.19. The van der Waals surface area contributed by atoms with Gasteiger partial charge in [-0.1, -0.05) is 16.8 Å². The van der Waals surface area contributed by atoms with Gasteiger partial charge in [-0.15, -0.1) is 0 Å². The number of hydrogen-bond acceptors (Lipinski definition) is 4. The van der Waals surface area contributed by atoms with Crippen LogP contribution >= 0.6 is 27.5 Å². The van der Waals surface area contributed by atoms with Gasteiger partial charge in [0.1, 0.15) is 0 Å². The van der Waals surface area contributed by atoms with Crippen LogP contribution in [0.25, 0.3) is 11.5 Å². The summed E-state index contributed by atoms with van der Waals surface area (Å²) in [7, 11) is 1.90. The van der Waals surface area contributed by atoms with Crippen LogP contribution in [-0.2, 0) is 6.42 Å². The monoisotopic (exact) mass is 329 g/mol. The SMILES string of the molecule is CNC(C)Cc1noc(-c2ccc(Cl)cc2Br)n1. The lowest BCUT2D eigenvalue weighted by Crippen LogP contribution is -2.24. The van der Waals surface area contributed by atoms with Crippen molar-refractivity contribution in [3.8, 4) is 11.5 Å². The van der Waals surface area contributed by atoms with Gasteiger partial charge in [0, 0.05) is 22.0 Å². The van der Waals surface area contributed by atoms with Crippen LogP contribution in [0.1, 0.15) is 12.7 Å². The van der Waals surface area contributed by atoms with Crippen molar-refractivity contribution in [2.75, 3.05) is 7.05 Å². The Hall–Kier alpha value is -0.910. The molecule has 0 amide bonds. The van der Waals surface area contributed by atoms with Crippen molar-refractivity contribution in [1.29, 1.82) is 0 Å². The average molecular weight is 331 g/mol. The maximum atomic E-state index is 5.89. The maximum Gasteiger partial charge on any atom is 0.259 e. The Balaban J connectivity index is 2.24. The summed E-state index contributed by atoms with van der Waals surface area (Å²) in [4.78, 5) is 4.37. The van der Waals surface area contributed by atoms with Gasteiger partial charge in [-0.05, 0) is 48.1 Å². The van der Waals surface area contributed by atoms with Gasteiger partial charge in [-0.25, -0.2) is 0 Å². The van der Waals surface area contributed by atoms with Crippen molar-refractivity contribution in [2.24, 2.45) is 0 Å². The number of halogens is 2. The minimum absolute atomic E-state index is 0.309. The normalized spacial score (nSPS) is 12.7. The van der Waals surface area contributed by atoms with E-state index >= 15 is 0 Å². The first-order chi connectivity index (χ1) is 8.60. The molecule has 0 aliphatic heterocycles. The van der Waals surface area contributed by atoms with E-state index in [-0.39, 0.29) is 0 Å². The molecule has 0 saturated carbocycles. The summed E-state index contributed by atoms with van der Waals surface area (Å²) >= 11 is 9.33. The second-order valence-electron chi connectivity index (χ2n) is 4.03. The summed E-state index contributed by atoms with van der Waals surface area (Å²) in [6, 6.07) is 5.76. The highest BCUT2D eigenvalue weighted by molar-refractivity contribution is 9.10. The van der Waals surface area contributed by atoms with Crippen molar-refractivity contribution in [1.82, 2.24) is 15.5 Å². The van der Waals surface area contributed by atoms with Crippen LogP contribution in [0.2, 0.25) is 5.02 Å². The highest BCUT2D eigenvalue weighted by atomic mass is 79.9. The molecule has 0 saturated heterocycles. The summed E-state index contributed by atoms with van der Waals surface area (Å²) in [6.07, 6.45) is 0.727. The molecule has 1 atom stereocenters. The maximum absolute atomic E-state index is 5.89. The number of aromatic nitrogens is 2. The summed E-state index contributed by atoms with van der Waals surface area (Å²) in [5, 5.41) is 7.76. The van der Waals surface area contributed by atoms with Gasteiger partial charge >= 0.3 is 0 Å². The van der Waals surface area contributed by atoms with E-state index in [0.29, 0.717) is 22.8 Å². The van der Waals surface area contributed by atoms with E-state index in [9.17, 15) is 0 Å². The fraction of sp³-hybridized carbons (Fsp3) is 0.333. The molecule has 96 valence electrons. The van der Waals surface area contributed by atoms with E-state index in [1.54, 1.807) is 12.1 Å². The van der Waals surface area contributed by atoms with Crippen LogP contribution in [0.15, 0.2) is 27.2 Å². The van der Waals surface area contributed by atoms with Crippen LogP contribution < -0.4 is 5.32 Å². The molecule has 0 spiro atoms. The Kier molecular flexibility index (Phi) is 4.37. The second kappa shape index (κ2) is 5.82. The predicted molar refractivity (Wildman–Crippen MR) is 74.7 cm³/mol. The van der Waals surface area contributed by atoms with E-state index in [1.807, 2.05) is 13.1 Å². The van der Waals surface area contributed by atoms with Crippen molar-refractivity contribution >= 4 is 27.5 Å². The quantitative estimate of drug-likeness (QED) is 0.934. The molecular weight excluding hydrogens is 318 g/mol. The molecule has 1 N–H and O–H groups in total. The summed E-state index contributed by atoms with van der Waals surface area (Å²) in [6.45, 7) is 2.06. The van der Waals surface area contributed by atoms with E-state index in [1.165, 1.54) is 0 Å². The molecule has 1 heterocycles. The van der Waals surface area contributed by atoms with Crippen LogP contribution in [0, 0.1) is 0 Å². The topological polar surface area (TPSA) is 51.0 Å². The Morgan fingerprint density at radius 1 is 1.50 bits per heavy atom. The number of likely N-dealkylation sites (N-methyl/N-ethyl adjacent to an activating group) is 1. The number of rotatable bonds is 4. The van der Waals surface area contributed by atoms with Gasteiger partial charge in [0.2, 0.25) is 0 Å². The van der Waals surface area contributed by atoms with Crippen molar-refractivity contribution in [3.63, 3.8) is 0 Å². The zero-order valence-electron chi connectivity index (χ0n) is 10.1. The van der Waals surface area contributed by atoms with Crippen molar-refractivity contribution in [2.45, 2.75) is 19.4 Å². The predicted octanol–water partition coefficient (Wildman–Crippen LogP) is 3.30. The lowest BCUT2D eigenvalue weighted by atomic mass is 10.2. The molecule has 0 radical (unpaired) electrons. The second-order valence-corrected chi connectivity index (χ2v) is 5.32. The Morgan fingerprint density at radius 3 is 2.94 bits per heavy atom. The smallest absolute Gasteiger partial charge is 0.259 e. The van der Waals surface area contributed by atoms with Gasteiger partial charge in [0.15, 0.2) is 5.82 Å². The first-order valence-corrected chi connectivity index (χ1v) is 6.72. The molecule has 0 fully saturated rings. The van der Waals surface area contributed by atoms with Crippen molar-refractivity contribution in [3.05, 3.63) is 33.5 Å². The first kappa shape index (κ1) is 13.5. The van der Waals surface area contributed by atoms with Crippen molar-refractivity contribution < 1.29 is 4.52 Å². The van der Waals surface area contributed by atoms with Gasteiger partial charge in [-0.3, -0.25) is 0 Å². The highest BCUT2D eigenvalue weighted by Crippen LogP contribution is 2.29. The molecule has 2 rings (SSSR count). The lowest BCUT2D eigenvalue weighted by molar-refractivity contribution is 0.418. The molecule has 1 unspecified atom stereocenters. The zero-order valence-corrected chi connectivity index (χ0v) is 12.4. The first-order valence-electron chi connectivity index (χ1n) is 5.55. The minimum atomic E-state index is 0.309. The number of nitrogens with one attached hydrogen (secondary N) is 1. The zero-order chi connectivity index (χ0) is 13.1. The Morgan fingerprint density at radius 2 is 2.28 bits per heavy atom. The highest BCUT2D eigenvalue weighted by Gasteiger charge is 2.13. The minimum Gasteiger partial charge on any atom is -0.334 e. The van der Waals surface area contributed by atoms with E-state index < -0.39 is 0 Å².